The normalized spacial score (nSPS) is 20.4. The molecule has 2 heterocycles. The van der Waals surface area contributed by atoms with Crippen molar-refractivity contribution >= 4 is 11.6 Å². The fraction of sp³-hybridized carbons (Fsp3) is 0.538. The van der Waals surface area contributed by atoms with E-state index in [1.165, 1.54) is 0 Å². The molecule has 1 saturated heterocycles. The number of hydrogen-bond acceptors (Lipinski definition) is 4. The number of hydrogen-bond donors (Lipinski definition) is 2. The van der Waals surface area contributed by atoms with Crippen molar-refractivity contribution in [2.24, 2.45) is 0 Å². The Morgan fingerprint density at radius 3 is 3.11 bits per heavy atom. The van der Waals surface area contributed by atoms with Gasteiger partial charge in [0.1, 0.15) is 0 Å². The lowest BCUT2D eigenvalue weighted by molar-refractivity contribution is 0.0712. The van der Waals surface area contributed by atoms with Crippen molar-refractivity contribution in [3.8, 4) is 0 Å². The zero-order chi connectivity index (χ0) is 13.0. The van der Waals surface area contributed by atoms with E-state index in [1.807, 2.05) is 6.92 Å². The topological polar surface area (TPSA) is 63.2 Å². The zero-order valence-electron chi connectivity index (χ0n) is 10.8. The maximum absolute atomic E-state index is 12.1. The fourth-order valence-electron chi connectivity index (χ4n) is 2.17. The van der Waals surface area contributed by atoms with Crippen LogP contribution in [0.15, 0.2) is 18.5 Å². The number of ether oxygens (including phenoxy) is 1. The van der Waals surface area contributed by atoms with Crippen molar-refractivity contribution in [2.45, 2.75) is 31.9 Å². The highest BCUT2D eigenvalue weighted by molar-refractivity contribution is 5.99. The summed E-state index contributed by atoms with van der Waals surface area (Å²) in [5.41, 5.74) is 1.34. The summed E-state index contributed by atoms with van der Waals surface area (Å²) in [6.45, 7) is 2.77. The van der Waals surface area contributed by atoms with Crippen molar-refractivity contribution in [3.63, 3.8) is 0 Å². The second-order valence-electron chi connectivity index (χ2n) is 4.48. The molecule has 2 N–H and O–H groups in total. The molecule has 2 unspecified atom stereocenters. The number of aromatic nitrogens is 1. The van der Waals surface area contributed by atoms with Crippen LogP contribution in [-0.2, 0) is 4.74 Å². The number of amides is 1. The highest BCUT2D eigenvalue weighted by Gasteiger charge is 2.24. The van der Waals surface area contributed by atoms with E-state index >= 15 is 0 Å². The monoisotopic (exact) mass is 249 g/mol. The third kappa shape index (κ3) is 2.79. The predicted octanol–water partition coefficient (Wildman–Crippen LogP) is 1.42. The van der Waals surface area contributed by atoms with Crippen LogP contribution in [0.1, 0.15) is 30.1 Å². The average Bonchev–Trinajstić information content (AvgIpc) is 2.92. The Morgan fingerprint density at radius 1 is 1.61 bits per heavy atom. The number of rotatable bonds is 4. The standard InChI is InChI=1S/C13H19N3O2/c1-9(12-4-3-7-18-12)16-13(17)10-8-15-6-5-11(10)14-2/h5-6,8-9,12H,3-4,7H2,1-2H3,(H,14,15)(H,16,17). The van der Waals surface area contributed by atoms with Gasteiger partial charge in [-0.2, -0.15) is 0 Å². The number of carbonyl (C=O) groups excluding carboxylic acids is 1. The second-order valence-corrected chi connectivity index (χ2v) is 4.48. The number of carbonyl (C=O) groups is 1. The quantitative estimate of drug-likeness (QED) is 0.847. The molecule has 1 amide bonds. The average molecular weight is 249 g/mol. The molecule has 1 aliphatic heterocycles. The Kier molecular flexibility index (Phi) is 4.15. The molecule has 0 aromatic carbocycles. The molecule has 0 bridgehead atoms. The van der Waals surface area contributed by atoms with Gasteiger partial charge >= 0.3 is 0 Å². The van der Waals surface area contributed by atoms with E-state index in [-0.39, 0.29) is 18.1 Å². The lowest BCUT2D eigenvalue weighted by atomic mass is 10.1. The van der Waals surface area contributed by atoms with Crippen LogP contribution in [0.4, 0.5) is 5.69 Å². The summed E-state index contributed by atoms with van der Waals surface area (Å²) >= 11 is 0. The Labute approximate surface area is 107 Å². The van der Waals surface area contributed by atoms with Gasteiger partial charge in [0.25, 0.3) is 5.91 Å². The number of nitrogens with one attached hydrogen (secondary N) is 2. The van der Waals surface area contributed by atoms with Crippen LogP contribution >= 0.6 is 0 Å². The van der Waals surface area contributed by atoms with Gasteiger partial charge in [0, 0.05) is 31.7 Å². The lowest BCUT2D eigenvalue weighted by Gasteiger charge is -2.20. The summed E-state index contributed by atoms with van der Waals surface area (Å²) in [5, 5.41) is 5.96. The number of nitrogens with zero attached hydrogens (tertiary/aromatic N) is 1. The van der Waals surface area contributed by atoms with E-state index in [9.17, 15) is 4.79 Å². The first-order valence-corrected chi connectivity index (χ1v) is 6.26. The van der Waals surface area contributed by atoms with Gasteiger partial charge < -0.3 is 15.4 Å². The molecular formula is C13H19N3O2. The molecule has 1 aromatic heterocycles. The van der Waals surface area contributed by atoms with Crippen LogP contribution in [0.25, 0.3) is 0 Å². The van der Waals surface area contributed by atoms with E-state index in [4.69, 9.17) is 4.74 Å². The minimum atomic E-state index is -0.115. The molecule has 5 heteroatoms. The summed E-state index contributed by atoms with van der Waals surface area (Å²) in [7, 11) is 1.79. The van der Waals surface area contributed by atoms with Gasteiger partial charge in [-0.1, -0.05) is 0 Å². The first-order chi connectivity index (χ1) is 8.72. The molecule has 5 nitrogen and oxygen atoms in total. The van der Waals surface area contributed by atoms with Crippen molar-refractivity contribution in [1.29, 1.82) is 0 Å². The molecule has 18 heavy (non-hydrogen) atoms. The third-order valence-electron chi connectivity index (χ3n) is 3.22. The van der Waals surface area contributed by atoms with E-state index in [1.54, 1.807) is 25.5 Å². The molecular weight excluding hydrogens is 230 g/mol. The van der Waals surface area contributed by atoms with Crippen LogP contribution in [-0.4, -0.2) is 36.7 Å². The number of anilines is 1. The molecule has 1 aliphatic rings. The van der Waals surface area contributed by atoms with Crippen LogP contribution in [0, 0.1) is 0 Å². The SMILES string of the molecule is CNc1ccncc1C(=O)NC(C)C1CCCO1. The van der Waals surface area contributed by atoms with Crippen molar-refractivity contribution in [1.82, 2.24) is 10.3 Å². The van der Waals surface area contributed by atoms with Gasteiger partial charge in [0.15, 0.2) is 0 Å². The molecule has 0 spiro atoms. The fourth-order valence-corrected chi connectivity index (χ4v) is 2.17. The van der Waals surface area contributed by atoms with Crippen LogP contribution < -0.4 is 10.6 Å². The van der Waals surface area contributed by atoms with Gasteiger partial charge in [0.05, 0.1) is 17.7 Å². The Balaban J connectivity index is 2.02. The van der Waals surface area contributed by atoms with E-state index in [0.717, 1.165) is 25.1 Å². The van der Waals surface area contributed by atoms with Gasteiger partial charge in [-0.05, 0) is 25.8 Å². The summed E-state index contributed by atoms with van der Waals surface area (Å²) in [6.07, 6.45) is 5.44. The van der Waals surface area contributed by atoms with Gasteiger partial charge in [0.2, 0.25) is 0 Å². The molecule has 0 radical (unpaired) electrons. The molecule has 0 aliphatic carbocycles. The van der Waals surface area contributed by atoms with E-state index in [0.29, 0.717) is 5.56 Å². The minimum absolute atomic E-state index is 0.0184. The van der Waals surface area contributed by atoms with Crippen LogP contribution in [0.5, 0.6) is 0 Å². The first kappa shape index (κ1) is 12.8. The van der Waals surface area contributed by atoms with Crippen molar-refractivity contribution in [3.05, 3.63) is 24.0 Å². The molecule has 0 saturated carbocycles. The summed E-state index contributed by atoms with van der Waals surface area (Å²) in [5.74, 6) is -0.115. The highest BCUT2D eigenvalue weighted by atomic mass is 16.5. The summed E-state index contributed by atoms with van der Waals surface area (Å²) < 4.78 is 5.56. The lowest BCUT2D eigenvalue weighted by Crippen LogP contribution is -2.41. The Hall–Kier alpha value is -1.62. The minimum Gasteiger partial charge on any atom is -0.387 e. The van der Waals surface area contributed by atoms with Crippen molar-refractivity contribution < 1.29 is 9.53 Å². The Bertz CT molecular complexity index is 416. The first-order valence-electron chi connectivity index (χ1n) is 6.26. The highest BCUT2D eigenvalue weighted by Crippen LogP contribution is 2.17. The number of pyridine rings is 1. The van der Waals surface area contributed by atoms with Crippen LogP contribution in [0.2, 0.25) is 0 Å². The zero-order valence-corrected chi connectivity index (χ0v) is 10.8. The molecule has 1 aromatic rings. The van der Waals surface area contributed by atoms with Crippen LogP contribution in [0.3, 0.4) is 0 Å². The third-order valence-corrected chi connectivity index (χ3v) is 3.22. The van der Waals surface area contributed by atoms with Crippen molar-refractivity contribution in [2.75, 3.05) is 19.0 Å². The maximum atomic E-state index is 12.1. The second kappa shape index (κ2) is 5.82. The molecule has 98 valence electrons. The van der Waals surface area contributed by atoms with Gasteiger partial charge in [-0.25, -0.2) is 0 Å². The van der Waals surface area contributed by atoms with Gasteiger partial charge in [-0.3, -0.25) is 9.78 Å². The summed E-state index contributed by atoms with van der Waals surface area (Å²) in [6, 6.07) is 1.80. The van der Waals surface area contributed by atoms with E-state index < -0.39 is 0 Å². The Morgan fingerprint density at radius 2 is 2.44 bits per heavy atom. The molecule has 2 rings (SSSR count). The smallest absolute Gasteiger partial charge is 0.255 e. The molecule has 1 fully saturated rings. The maximum Gasteiger partial charge on any atom is 0.255 e. The van der Waals surface area contributed by atoms with Gasteiger partial charge in [-0.15, -0.1) is 0 Å². The largest absolute Gasteiger partial charge is 0.387 e. The molecule has 2 atom stereocenters. The summed E-state index contributed by atoms with van der Waals surface area (Å²) in [4.78, 5) is 16.1. The predicted molar refractivity (Wildman–Crippen MR) is 69.7 cm³/mol. The van der Waals surface area contributed by atoms with E-state index in [2.05, 4.69) is 15.6 Å².